The third-order valence-electron chi connectivity index (χ3n) is 5.85. The number of benzene rings is 1. The number of guanidine groups is 1. The number of rotatable bonds is 5. The normalized spacial score (nSPS) is 19.3. The van der Waals surface area contributed by atoms with Crippen molar-refractivity contribution < 1.29 is 8.42 Å². The fourth-order valence-electron chi connectivity index (χ4n) is 4.22. The Balaban J connectivity index is 0.00000280. The summed E-state index contributed by atoms with van der Waals surface area (Å²) in [6, 6.07) is 7.03. The molecule has 1 saturated heterocycles. The van der Waals surface area contributed by atoms with Gasteiger partial charge in [-0.25, -0.2) is 17.7 Å². The predicted octanol–water partition coefficient (Wildman–Crippen LogP) is 3.29. The standard InChI is InChI=1S/C20H32N4O2S.HI/c1-4-21-19(24-14-13-20(16-24)11-5-6-12-20)22-15-17-7-9-18(10-8-17)27(25,26)23(2)3;/h7-10H,4-6,11-16H2,1-3H3,(H,21,22);1H. The molecule has 1 heterocycles. The minimum atomic E-state index is -3.38. The summed E-state index contributed by atoms with van der Waals surface area (Å²) in [6.45, 7) is 5.68. The molecule has 0 radical (unpaired) electrons. The Morgan fingerprint density at radius 2 is 1.82 bits per heavy atom. The lowest BCUT2D eigenvalue weighted by molar-refractivity contribution is 0.309. The molecule has 1 saturated carbocycles. The highest BCUT2D eigenvalue weighted by atomic mass is 127. The first kappa shape index (κ1) is 23.4. The number of halogens is 1. The van der Waals surface area contributed by atoms with E-state index in [1.54, 1.807) is 26.2 Å². The zero-order valence-electron chi connectivity index (χ0n) is 17.1. The summed E-state index contributed by atoms with van der Waals surface area (Å²) in [5, 5.41) is 3.43. The smallest absolute Gasteiger partial charge is 0.242 e. The van der Waals surface area contributed by atoms with Gasteiger partial charge in [0.25, 0.3) is 0 Å². The monoisotopic (exact) mass is 520 g/mol. The van der Waals surface area contributed by atoms with Crippen molar-refractivity contribution >= 4 is 40.0 Å². The van der Waals surface area contributed by atoms with Crippen molar-refractivity contribution in [3.05, 3.63) is 29.8 Å². The van der Waals surface area contributed by atoms with E-state index >= 15 is 0 Å². The molecule has 0 atom stereocenters. The van der Waals surface area contributed by atoms with Gasteiger partial charge in [-0.1, -0.05) is 25.0 Å². The van der Waals surface area contributed by atoms with Gasteiger partial charge in [0.2, 0.25) is 10.0 Å². The average Bonchev–Trinajstić information content (AvgIpc) is 3.29. The lowest BCUT2D eigenvalue weighted by Crippen LogP contribution is -2.41. The molecule has 8 heteroatoms. The number of nitrogens with zero attached hydrogens (tertiary/aromatic N) is 3. The molecule has 3 rings (SSSR count). The zero-order chi connectivity index (χ0) is 19.5. The highest BCUT2D eigenvalue weighted by Gasteiger charge is 2.41. The highest BCUT2D eigenvalue weighted by molar-refractivity contribution is 14.0. The molecule has 1 spiro atoms. The summed E-state index contributed by atoms with van der Waals surface area (Å²) in [5.74, 6) is 0.978. The van der Waals surface area contributed by atoms with Crippen molar-refractivity contribution in [2.75, 3.05) is 33.7 Å². The van der Waals surface area contributed by atoms with Crippen LogP contribution in [0, 0.1) is 5.41 Å². The molecule has 1 aliphatic carbocycles. The van der Waals surface area contributed by atoms with Gasteiger partial charge in [0.15, 0.2) is 5.96 Å². The molecule has 28 heavy (non-hydrogen) atoms. The predicted molar refractivity (Wildman–Crippen MR) is 125 cm³/mol. The minimum Gasteiger partial charge on any atom is -0.357 e. The Kier molecular flexibility index (Phi) is 8.16. The SMILES string of the molecule is CCNC(=NCc1ccc(S(=O)(=O)N(C)C)cc1)N1CCC2(CCCC2)C1.I. The van der Waals surface area contributed by atoms with Crippen LogP contribution < -0.4 is 5.32 Å². The van der Waals surface area contributed by atoms with Gasteiger partial charge >= 0.3 is 0 Å². The number of sulfonamides is 1. The van der Waals surface area contributed by atoms with Crippen LogP contribution in [0.4, 0.5) is 0 Å². The van der Waals surface area contributed by atoms with Crippen molar-refractivity contribution in [3.63, 3.8) is 0 Å². The molecule has 1 aromatic rings. The Hall–Kier alpha value is -0.870. The van der Waals surface area contributed by atoms with E-state index in [4.69, 9.17) is 4.99 Å². The Labute approximate surface area is 186 Å². The lowest BCUT2D eigenvalue weighted by atomic mass is 9.86. The molecule has 0 aromatic heterocycles. The summed E-state index contributed by atoms with van der Waals surface area (Å²) in [4.78, 5) is 7.54. The quantitative estimate of drug-likeness (QED) is 0.368. The van der Waals surface area contributed by atoms with Gasteiger partial charge in [0.05, 0.1) is 11.4 Å². The first-order valence-electron chi connectivity index (χ1n) is 9.91. The molecule has 0 unspecified atom stereocenters. The van der Waals surface area contributed by atoms with Crippen molar-refractivity contribution in [1.29, 1.82) is 0 Å². The van der Waals surface area contributed by atoms with Crippen LogP contribution in [-0.2, 0) is 16.6 Å². The average molecular weight is 520 g/mol. The van der Waals surface area contributed by atoms with Gasteiger partial charge in [-0.15, -0.1) is 24.0 Å². The van der Waals surface area contributed by atoms with Crippen LogP contribution in [0.1, 0.15) is 44.6 Å². The molecular weight excluding hydrogens is 487 g/mol. The number of nitrogens with one attached hydrogen (secondary N) is 1. The van der Waals surface area contributed by atoms with Crippen LogP contribution in [0.3, 0.4) is 0 Å². The number of likely N-dealkylation sites (tertiary alicyclic amines) is 1. The van der Waals surface area contributed by atoms with Crippen LogP contribution in [0.15, 0.2) is 34.2 Å². The molecular formula is C20H33IN4O2S. The van der Waals surface area contributed by atoms with Gasteiger partial charge in [-0.05, 0) is 49.3 Å². The maximum absolute atomic E-state index is 12.2. The van der Waals surface area contributed by atoms with Gasteiger partial charge in [0.1, 0.15) is 0 Å². The third kappa shape index (κ3) is 5.18. The van der Waals surface area contributed by atoms with E-state index in [0.29, 0.717) is 16.9 Å². The van der Waals surface area contributed by atoms with Crippen LogP contribution in [0.2, 0.25) is 0 Å². The second-order valence-electron chi connectivity index (χ2n) is 7.98. The topological polar surface area (TPSA) is 65.0 Å². The number of aliphatic imine (C=N–C) groups is 1. The van der Waals surface area contributed by atoms with Crippen LogP contribution in [0.5, 0.6) is 0 Å². The van der Waals surface area contributed by atoms with E-state index in [2.05, 4.69) is 17.1 Å². The molecule has 2 aliphatic rings. The minimum absolute atomic E-state index is 0. The van der Waals surface area contributed by atoms with Gasteiger partial charge in [-0.2, -0.15) is 0 Å². The summed E-state index contributed by atoms with van der Waals surface area (Å²) >= 11 is 0. The number of hydrogen-bond acceptors (Lipinski definition) is 3. The summed E-state index contributed by atoms with van der Waals surface area (Å²) < 4.78 is 25.6. The van der Waals surface area contributed by atoms with Crippen molar-refractivity contribution in [2.45, 2.75) is 50.5 Å². The Bertz CT molecular complexity index is 772. The van der Waals surface area contributed by atoms with E-state index in [1.807, 2.05) is 12.1 Å². The molecule has 0 amide bonds. The zero-order valence-corrected chi connectivity index (χ0v) is 20.3. The fourth-order valence-corrected chi connectivity index (χ4v) is 5.12. The second-order valence-corrected chi connectivity index (χ2v) is 10.1. The molecule has 1 N–H and O–H groups in total. The largest absolute Gasteiger partial charge is 0.357 e. The third-order valence-corrected chi connectivity index (χ3v) is 7.68. The lowest BCUT2D eigenvalue weighted by Gasteiger charge is -2.26. The summed E-state index contributed by atoms with van der Waals surface area (Å²) in [6.07, 6.45) is 6.71. The van der Waals surface area contributed by atoms with E-state index < -0.39 is 10.0 Å². The maximum Gasteiger partial charge on any atom is 0.242 e. The first-order valence-corrected chi connectivity index (χ1v) is 11.4. The van der Waals surface area contributed by atoms with Gasteiger partial charge in [0, 0.05) is 33.7 Å². The van der Waals surface area contributed by atoms with E-state index in [0.717, 1.165) is 31.2 Å². The van der Waals surface area contributed by atoms with E-state index in [1.165, 1.54) is 36.4 Å². The van der Waals surface area contributed by atoms with Crippen molar-refractivity contribution in [3.8, 4) is 0 Å². The summed E-state index contributed by atoms with van der Waals surface area (Å²) in [7, 11) is -0.293. The van der Waals surface area contributed by atoms with Crippen LogP contribution in [0.25, 0.3) is 0 Å². The van der Waals surface area contributed by atoms with Crippen LogP contribution in [-0.4, -0.2) is 57.3 Å². The molecule has 0 bridgehead atoms. The molecule has 6 nitrogen and oxygen atoms in total. The van der Waals surface area contributed by atoms with E-state index in [-0.39, 0.29) is 24.0 Å². The van der Waals surface area contributed by atoms with Gasteiger partial charge in [-0.3, -0.25) is 0 Å². The Morgan fingerprint density at radius 1 is 1.18 bits per heavy atom. The van der Waals surface area contributed by atoms with Crippen molar-refractivity contribution in [2.24, 2.45) is 10.4 Å². The second kappa shape index (κ2) is 9.75. The van der Waals surface area contributed by atoms with E-state index in [9.17, 15) is 8.42 Å². The molecule has 1 aliphatic heterocycles. The highest BCUT2D eigenvalue weighted by Crippen LogP contribution is 2.45. The Morgan fingerprint density at radius 3 is 2.39 bits per heavy atom. The first-order chi connectivity index (χ1) is 12.9. The fraction of sp³-hybridized carbons (Fsp3) is 0.650. The maximum atomic E-state index is 12.2. The molecule has 1 aromatic carbocycles. The summed E-state index contributed by atoms with van der Waals surface area (Å²) in [5.41, 5.74) is 1.52. The number of hydrogen-bond donors (Lipinski definition) is 1. The molecule has 2 fully saturated rings. The van der Waals surface area contributed by atoms with Gasteiger partial charge < -0.3 is 10.2 Å². The molecule has 158 valence electrons. The van der Waals surface area contributed by atoms with Crippen molar-refractivity contribution in [1.82, 2.24) is 14.5 Å². The van der Waals surface area contributed by atoms with Crippen LogP contribution >= 0.6 is 24.0 Å².